The number of anilines is 2. The fourth-order valence-corrected chi connectivity index (χ4v) is 3.32. The molecule has 0 atom stereocenters. The number of carbonyl (C=O) groups excluding carboxylic acids is 1. The molecule has 2 aromatic rings. The van der Waals surface area contributed by atoms with E-state index in [0.29, 0.717) is 12.4 Å². The molecule has 0 aliphatic carbocycles. The number of methoxy groups -OCH3 is 1. The van der Waals surface area contributed by atoms with E-state index < -0.39 is 0 Å². The molecule has 0 aromatic heterocycles. The van der Waals surface area contributed by atoms with Gasteiger partial charge in [0.05, 0.1) is 13.7 Å². The zero-order chi connectivity index (χ0) is 22.5. The summed E-state index contributed by atoms with van der Waals surface area (Å²) in [6.45, 7) is 9.05. The van der Waals surface area contributed by atoms with Crippen molar-refractivity contribution in [1.82, 2.24) is 0 Å². The summed E-state index contributed by atoms with van der Waals surface area (Å²) in [5, 5.41) is 2.90. The minimum atomic E-state index is -0.175. The lowest BCUT2D eigenvalue weighted by Gasteiger charge is -2.21. The van der Waals surface area contributed by atoms with E-state index in [1.54, 1.807) is 13.2 Å². The van der Waals surface area contributed by atoms with Gasteiger partial charge in [0.15, 0.2) is 11.5 Å². The molecule has 0 saturated carbocycles. The molecule has 168 valence electrons. The molecule has 5 nitrogen and oxygen atoms in total. The molecule has 0 spiro atoms. The molecule has 1 amide bonds. The van der Waals surface area contributed by atoms with Crippen LogP contribution in [0.25, 0.3) is 6.08 Å². The Morgan fingerprint density at radius 1 is 0.968 bits per heavy atom. The Labute approximate surface area is 187 Å². The smallest absolute Gasteiger partial charge is 0.248 e. The van der Waals surface area contributed by atoms with Crippen molar-refractivity contribution in [3.63, 3.8) is 0 Å². The third-order valence-electron chi connectivity index (χ3n) is 5.13. The predicted octanol–water partition coefficient (Wildman–Crippen LogP) is 6.15. The van der Waals surface area contributed by atoms with Crippen molar-refractivity contribution in [3.05, 3.63) is 54.1 Å². The van der Waals surface area contributed by atoms with Crippen molar-refractivity contribution in [2.75, 3.05) is 37.0 Å². The average Bonchev–Trinajstić information content (AvgIpc) is 2.80. The van der Waals surface area contributed by atoms with Gasteiger partial charge in [-0.1, -0.05) is 32.3 Å². The molecule has 0 fully saturated rings. The van der Waals surface area contributed by atoms with Gasteiger partial charge in [-0.15, -0.1) is 0 Å². The second-order valence-corrected chi connectivity index (χ2v) is 7.36. The Kier molecular flexibility index (Phi) is 10.5. The molecular weight excluding hydrogens is 388 g/mol. The maximum absolute atomic E-state index is 12.3. The zero-order valence-electron chi connectivity index (χ0n) is 19.3. The van der Waals surface area contributed by atoms with Gasteiger partial charge in [-0.3, -0.25) is 4.79 Å². The minimum absolute atomic E-state index is 0.175. The van der Waals surface area contributed by atoms with Crippen LogP contribution < -0.4 is 19.7 Å². The fourth-order valence-electron chi connectivity index (χ4n) is 3.32. The standard InChI is InChI=1S/C26H36N2O3/c1-5-8-9-10-19-31-24-17-11-21(20-25(24)30-4)12-18-26(29)27-22-13-15-23(16-14-22)28(6-2)7-3/h11-18,20H,5-10,19H2,1-4H3,(H,27,29)/b18-12+. The van der Waals surface area contributed by atoms with Crippen LogP contribution in [0.1, 0.15) is 52.0 Å². The number of hydrogen-bond donors (Lipinski definition) is 1. The second-order valence-electron chi connectivity index (χ2n) is 7.36. The number of rotatable bonds is 13. The van der Waals surface area contributed by atoms with Gasteiger partial charge < -0.3 is 19.7 Å². The van der Waals surface area contributed by atoms with E-state index in [-0.39, 0.29) is 5.91 Å². The van der Waals surface area contributed by atoms with Crippen molar-refractivity contribution < 1.29 is 14.3 Å². The topological polar surface area (TPSA) is 50.8 Å². The van der Waals surface area contributed by atoms with E-state index in [4.69, 9.17) is 9.47 Å². The van der Waals surface area contributed by atoms with Crippen LogP contribution in [0, 0.1) is 0 Å². The highest BCUT2D eigenvalue weighted by atomic mass is 16.5. The van der Waals surface area contributed by atoms with Gasteiger partial charge in [-0.05, 0) is 68.3 Å². The number of nitrogens with zero attached hydrogens (tertiary/aromatic N) is 1. The van der Waals surface area contributed by atoms with Crippen LogP contribution in [-0.2, 0) is 4.79 Å². The maximum Gasteiger partial charge on any atom is 0.248 e. The summed E-state index contributed by atoms with van der Waals surface area (Å²) in [6, 6.07) is 13.6. The third-order valence-corrected chi connectivity index (χ3v) is 5.13. The highest BCUT2D eigenvalue weighted by molar-refractivity contribution is 6.02. The van der Waals surface area contributed by atoms with Gasteiger partial charge in [0.25, 0.3) is 0 Å². The monoisotopic (exact) mass is 424 g/mol. The van der Waals surface area contributed by atoms with Crippen LogP contribution in [0.3, 0.4) is 0 Å². The molecule has 0 unspecified atom stereocenters. The Morgan fingerprint density at radius 3 is 2.35 bits per heavy atom. The number of nitrogens with one attached hydrogen (secondary N) is 1. The SMILES string of the molecule is CCCCCCOc1ccc(/C=C/C(=O)Nc2ccc(N(CC)CC)cc2)cc1OC. The first-order valence-electron chi connectivity index (χ1n) is 11.3. The second kappa shape index (κ2) is 13.4. The molecule has 0 heterocycles. The lowest BCUT2D eigenvalue weighted by Crippen LogP contribution is -2.21. The minimum Gasteiger partial charge on any atom is -0.493 e. The predicted molar refractivity (Wildman–Crippen MR) is 130 cm³/mol. The van der Waals surface area contributed by atoms with E-state index in [1.807, 2.05) is 42.5 Å². The first-order chi connectivity index (χ1) is 15.1. The Morgan fingerprint density at radius 2 is 1.71 bits per heavy atom. The average molecular weight is 425 g/mol. The lowest BCUT2D eigenvalue weighted by atomic mass is 10.2. The molecule has 5 heteroatoms. The van der Waals surface area contributed by atoms with E-state index in [2.05, 4.69) is 31.0 Å². The Bertz CT molecular complexity index is 827. The fraction of sp³-hybridized carbons (Fsp3) is 0.423. The van der Waals surface area contributed by atoms with Crippen LogP contribution in [0.5, 0.6) is 11.5 Å². The summed E-state index contributed by atoms with van der Waals surface area (Å²) in [6.07, 6.45) is 7.94. The lowest BCUT2D eigenvalue weighted by molar-refractivity contribution is -0.111. The van der Waals surface area contributed by atoms with Crippen LogP contribution in [0.2, 0.25) is 0 Å². The molecule has 1 N–H and O–H groups in total. The van der Waals surface area contributed by atoms with Crippen molar-refractivity contribution in [3.8, 4) is 11.5 Å². The molecule has 0 saturated heterocycles. The molecule has 0 bridgehead atoms. The van der Waals surface area contributed by atoms with E-state index in [0.717, 1.165) is 42.2 Å². The molecule has 0 aliphatic rings. The third kappa shape index (κ3) is 8.00. The number of carbonyl (C=O) groups is 1. The normalized spacial score (nSPS) is 10.8. The van der Waals surface area contributed by atoms with Gasteiger partial charge in [-0.2, -0.15) is 0 Å². The first-order valence-corrected chi connectivity index (χ1v) is 11.3. The largest absolute Gasteiger partial charge is 0.493 e. The number of amides is 1. The van der Waals surface area contributed by atoms with Gasteiger partial charge in [0.2, 0.25) is 5.91 Å². The van der Waals surface area contributed by atoms with Crippen LogP contribution in [0.15, 0.2) is 48.5 Å². The maximum atomic E-state index is 12.3. The quantitative estimate of drug-likeness (QED) is 0.309. The van der Waals surface area contributed by atoms with Crippen molar-refractivity contribution in [1.29, 1.82) is 0 Å². The van der Waals surface area contributed by atoms with Crippen LogP contribution in [0.4, 0.5) is 11.4 Å². The van der Waals surface area contributed by atoms with E-state index in [1.165, 1.54) is 25.3 Å². The van der Waals surface area contributed by atoms with Gasteiger partial charge >= 0.3 is 0 Å². The summed E-state index contributed by atoms with van der Waals surface area (Å²) in [4.78, 5) is 14.6. The van der Waals surface area contributed by atoms with E-state index >= 15 is 0 Å². The van der Waals surface area contributed by atoms with Gasteiger partial charge in [0.1, 0.15) is 0 Å². The summed E-state index contributed by atoms with van der Waals surface area (Å²) < 4.78 is 11.3. The van der Waals surface area contributed by atoms with Crippen LogP contribution in [-0.4, -0.2) is 32.7 Å². The zero-order valence-corrected chi connectivity index (χ0v) is 19.3. The Hall–Kier alpha value is -2.95. The molecule has 0 radical (unpaired) electrons. The summed E-state index contributed by atoms with van der Waals surface area (Å²) in [5.74, 6) is 1.23. The highest BCUT2D eigenvalue weighted by Gasteiger charge is 2.06. The van der Waals surface area contributed by atoms with Crippen LogP contribution >= 0.6 is 0 Å². The number of hydrogen-bond acceptors (Lipinski definition) is 4. The summed E-state index contributed by atoms with van der Waals surface area (Å²) >= 11 is 0. The van der Waals surface area contributed by atoms with Crippen molar-refractivity contribution in [2.24, 2.45) is 0 Å². The van der Waals surface area contributed by atoms with Crippen molar-refractivity contribution in [2.45, 2.75) is 46.5 Å². The molecule has 31 heavy (non-hydrogen) atoms. The number of unbranched alkanes of at least 4 members (excludes halogenated alkanes) is 3. The molecule has 2 rings (SSSR count). The molecule has 2 aromatic carbocycles. The van der Waals surface area contributed by atoms with Gasteiger partial charge in [0, 0.05) is 30.5 Å². The number of ether oxygens (including phenoxy) is 2. The van der Waals surface area contributed by atoms with Gasteiger partial charge in [-0.25, -0.2) is 0 Å². The molecular formula is C26H36N2O3. The van der Waals surface area contributed by atoms with E-state index in [9.17, 15) is 4.79 Å². The molecule has 0 aliphatic heterocycles. The first kappa shape index (κ1) is 24.3. The highest BCUT2D eigenvalue weighted by Crippen LogP contribution is 2.29. The number of benzene rings is 2. The summed E-state index contributed by atoms with van der Waals surface area (Å²) in [7, 11) is 1.63. The van der Waals surface area contributed by atoms with Crippen molar-refractivity contribution >= 4 is 23.4 Å². The summed E-state index contributed by atoms with van der Waals surface area (Å²) in [5.41, 5.74) is 2.80. The Balaban J connectivity index is 1.92.